The van der Waals surface area contributed by atoms with E-state index in [0.29, 0.717) is 18.4 Å². The van der Waals surface area contributed by atoms with Crippen molar-refractivity contribution in [3.63, 3.8) is 0 Å². The largest absolute Gasteiger partial charge is 0.282 e. The fourth-order valence-corrected chi connectivity index (χ4v) is 4.61. The number of halogens is 2. The minimum absolute atomic E-state index is 0.190. The summed E-state index contributed by atoms with van der Waals surface area (Å²) in [6.45, 7) is 0. The van der Waals surface area contributed by atoms with E-state index in [2.05, 4.69) is 4.98 Å². The van der Waals surface area contributed by atoms with Crippen LogP contribution in [0.1, 0.15) is 24.3 Å². The van der Waals surface area contributed by atoms with Crippen molar-refractivity contribution in [2.75, 3.05) is 0 Å². The summed E-state index contributed by atoms with van der Waals surface area (Å²) in [4.78, 5) is 15.9. The average molecular weight is 375 g/mol. The van der Waals surface area contributed by atoms with E-state index in [4.69, 9.17) is 11.6 Å². The number of thiazole rings is 1. The highest BCUT2D eigenvalue weighted by Crippen LogP contribution is 2.44. The predicted octanol–water partition coefficient (Wildman–Crippen LogP) is 2.93. The maximum atomic E-state index is 14.0. The number of hydrogen-bond donors (Lipinski definition) is 1. The van der Waals surface area contributed by atoms with Gasteiger partial charge in [-0.3, -0.25) is 4.79 Å². The summed E-state index contributed by atoms with van der Waals surface area (Å²) >= 11 is 6.84. The lowest BCUT2D eigenvalue weighted by Crippen LogP contribution is -2.42. The number of carbonyl (C=O) groups excluding carboxylic acids is 1. The molecule has 1 aromatic carbocycles. The Morgan fingerprint density at radius 2 is 2.17 bits per heavy atom. The monoisotopic (exact) mass is 374 g/mol. The van der Waals surface area contributed by atoms with Crippen molar-refractivity contribution < 1.29 is 17.6 Å². The molecule has 1 aromatic heterocycles. The van der Waals surface area contributed by atoms with Gasteiger partial charge in [-0.1, -0.05) is 17.7 Å². The fourth-order valence-electron chi connectivity index (χ4n) is 2.58. The van der Waals surface area contributed by atoms with Crippen LogP contribution in [0.3, 0.4) is 0 Å². The molecule has 1 N–H and O–H groups in total. The fraction of sp³-hybridized carbons (Fsp3) is 0.286. The first-order valence-electron chi connectivity index (χ1n) is 6.78. The number of nitrogens with zero attached hydrogens (tertiary/aromatic N) is 1. The van der Waals surface area contributed by atoms with E-state index in [1.165, 1.54) is 23.0 Å². The number of amides is 1. The highest BCUT2D eigenvalue weighted by atomic mass is 35.5. The molecule has 5 nitrogen and oxygen atoms in total. The van der Waals surface area contributed by atoms with E-state index < -0.39 is 27.7 Å². The zero-order valence-corrected chi connectivity index (χ0v) is 14.1. The smallest absolute Gasteiger partial charge is 0.274 e. The van der Waals surface area contributed by atoms with Crippen LogP contribution in [0.5, 0.6) is 0 Å². The third kappa shape index (κ3) is 3.24. The van der Waals surface area contributed by atoms with Crippen LogP contribution in [0.2, 0.25) is 5.02 Å². The number of hydrogen-bond acceptors (Lipinski definition) is 5. The first-order chi connectivity index (χ1) is 10.9. The van der Waals surface area contributed by atoms with Crippen molar-refractivity contribution in [2.45, 2.75) is 23.8 Å². The average Bonchev–Trinajstić information content (AvgIpc) is 2.94. The summed E-state index contributed by atoms with van der Waals surface area (Å²) < 4.78 is 40.0. The number of sulfonamides is 1. The molecule has 0 bridgehead atoms. The molecule has 23 heavy (non-hydrogen) atoms. The summed E-state index contributed by atoms with van der Waals surface area (Å²) in [6, 6.07) is 4.28. The number of carbonyl (C=O) groups is 1. The Bertz CT molecular complexity index is 840. The van der Waals surface area contributed by atoms with Gasteiger partial charge in [0.2, 0.25) is 5.91 Å². The van der Waals surface area contributed by atoms with E-state index in [-0.39, 0.29) is 16.0 Å². The van der Waals surface area contributed by atoms with Crippen LogP contribution in [0.25, 0.3) is 0 Å². The van der Waals surface area contributed by atoms with Crippen molar-refractivity contribution in [3.8, 4) is 0 Å². The molecule has 1 heterocycles. The number of benzene rings is 1. The lowest BCUT2D eigenvalue weighted by molar-refractivity contribution is -0.126. The van der Waals surface area contributed by atoms with Gasteiger partial charge >= 0.3 is 0 Å². The molecule has 0 saturated heterocycles. The van der Waals surface area contributed by atoms with Gasteiger partial charge in [-0.25, -0.2) is 14.1 Å². The normalized spacial score (nSPS) is 20.8. The summed E-state index contributed by atoms with van der Waals surface area (Å²) in [6.07, 6.45) is 1.12. The summed E-state index contributed by atoms with van der Waals surface area (Å²) in [5.41, 5.74) is 1.75. The van der Waals surface area contributed by atoms with Crippen LogP contribution >= 0.6 is 22.9 Å². The molecule has 0 aliphatic heterocycles. The van der Waals surface area contributed by atoms with Gasteiger partial charge in [0.1, 0.15) is 5.82 Å². The lowest BCUT2D eigenvalue weighted by atomic mass is 9.69. The second-order valence-electron chi connectivity index (χ2n) is 5.25. The number of aromatic nitrogens is 1. The maximum Gasteiger partial charge on any atom is 0.282 e. The van der Waals surface area contributed by atoms with Crippen LogP contribution in [0.4, 0.5) is 4.39 Å². The maximum absolute atomic E-state index is 14.0. The molecule has 1 saturated carbocycles. The summed E-state index contributed by atoms with van der Waals surface area (Å²) in [7, 11) is -3.97. The minimum Gasteiger partial charge on any atom is -0.274 e. The summed E-state index contributed by atoms with van der Waals surface area (Å²) in [5.74, 6) is -2.05. The zero-order valence-electron chi connectivity index (χ0n) is 11.7. The SMILES string of the molecule is O=C(NS(=O)(=O)c1cscn1)C1CCC1c1ccc(Cl)cc1F. The van der Waals surface area contributed by atoms with Crippen LogP contribution < -0.4 is 4.72 Å². The van der Waals surface area contributed by atoms with Gasteiger partial charge in [-0.2, -0.15) is 8.42 Å². The molecule has 3 rings (SSSR count). The van der Waals surface area contributed by atoms with Crippen molar-refractivity contribution in [3.05, 3.63) is 45.5 Å². The zero-order chi connectivity index (χ0) is 16.6. The molecular formula is C14H12ClFN2O3S2. The third-order valence-electron chi connectivity index (χ3n) is 3.89. The van der Waals surface area contributed by atoms with E-state index in [0.717, 1.165) is 11.3 Å². The molecule has 1 fully saturated rings. The standard InChI is InChI=1S/C14H12ClFN2O3S2/c15-8-1-2-10(12(16)5-8)9-3-4-11(9)14(19)18-23(20,21)13-6-22-7-17-13/h1-2,5-7,9,11H,3-4H2,(H,18,19). The Hall–Kier alpha value is -1.51. The Balaban J connectivity index is 1.76. The van der Waals surface area contributed by atoms with Crippen molar-refractivity contribution in [1.82, 2.24) is 9.71 Å². The van der Waals surface area contributed by atoms with Crippen molar-refractivity contribution in [2.24, 2.45) is 5.92 Å². The summed E-state index contributed by atoms with van der Waals surface area (Å²) in [5, 5.41) is 1.43. The van der Waals surface area contributed by atoms with Gasteiger partial charge < -0.3 is 0 Å². The molecule has 122 valence electrons. The molecule has 9 heteroatoms. The Morgan fingerprint density at radius 3 is 2.74 bits per heavy atom. The van der Waals surface area contributed by atoms with Crippen LogP contribution in [-0.2, 0) is 14.8 Å². The quantitative estimate of drug-likeness (QED) is 0.892. The second-order valence-corrected chi connectivity index (χ2v) is 8.04. The van der Waals surface area contributed by atoms with E-state index >= 15 is 0 Å². The van der Waals surface area contributed by atoms with E-state index in [1.54, 1.807) is 6.07 Å². The molecule has 1 amide bonds. The van der Waals surface area contributed by atoms with Gasteiger partial charge in [0.05, 0.1) is 5.51 Å². The van der Waals surface area contributed by atoms with Crippen LogP contribution in [-0.4, -0.2) is 19.3 Å². The molecule has 2 aromatic rings. The molecule has 0 radical (unpaired) electrons. The van der Waals surface area contributed by atoms with E-state index in [1.807, 2.05) is 4.72 Å². The van der Waals surface area contributed by atoms with E-state index in [9.17, 15) is 17.6 Å². The minimum atomic E-state index is -3.97. The molecule has 1 aliphatic rings. The highest BCUT2D eigenvalue weighted by Gasteiger charge is 2.40. The highest BCUT2D eigenvalue weighted by molar-refractivity contribution is 7.90. The molecule has 2 atom stereocenters. The van der Waals surface area contributed by atoms with Gasteiger partial charge in [0.15, 0.2) is 5.03 Å². The van der Waals surface area contributed by atoms with Gasteiger partial charge in [0, 0.05) is 16.3 Å². The van der Waals surface area contributed by atoms with Crippen molar-refractivity contribution in [1.29, 1.82) is 0 Å². The first-order valence-corrected chi connectivity index (χ1v) is 9.58. The number of nitrogens with one attached hydrogen (secondary N) is 1. The predicted molar refractivity (Wildman–Crippen MR) is 84.3 cm³/mol. The van der Waals surface area contributed by atoms with Gasteiger partial charge in [-0.05, 0) is 36.5 Å². The Morgan fingerprint density at radius 1 is 1.39 bits per heavy atom. The van der Waals surface area contributed by atoms with Crippen molar-refractivity contribution >= 4 is 38.9 Å². The van der Waals surface area contributed by atoms with Crippen LogP contribution in [0.15, 0.2) is 34.1 Å². The second kappa shape index (κ2) is 6.18. The molecule has 1 aliphatic carbocycles. The molecule has 0 spiro atoms. The van der Waals surface area contributed by atoms with Gasteiger partial charge in [0.25, 0.3) is 10.0 Å². The lowest BCUT2D eigenvalue weighted by Gasteiger charge is -2.35. The Kier molecular flexibility index (Phi) is 4.39. The number of rotatable bonds is 4. The first kappa shape index (κ1) is 16.4. The topological polar surface area (TPSA) is 76.1 Å². The Labute approximate surface area is 141 Å². The molecular weight excluding hydrogens is 363 g/mol. The van der Waals surface area contributed by atoms with Gasteiger partial charge in [-0.15, -0.1) is 11.3 Å². The third-order valence-corrected chi connectivity index (χ3v) is 6.11. The van der Waals surface area contributed by atoms with Crippen LogP contribution in [0, 0.1) is 11.7 Å². The molecule has 2 unspecified atom stereocenters.